The summed E-state index contributed by atoms with van der Waals surface area (Å²) in [5, 5.41) is 0. The highest BCUT2D eigenvalue weighted by molar-refractivity contribution is 9.10. The number of rotatable bonds is 0. The molecule has 72 valence electrons. The lowest BCUT2D eigenvalue weighted by atomic mass is 10.3. The summed E-state index contributed by atoms with van der Waals surface area (Å²) in [7, 11) is 0. The van der Waals surface area contributed by atoms with Crippen molar-refractivity contribution in [2.24, 2.45) is 0 Å². The molecular formula is C10H9BrN2O. The zero-order valence-electron chi connectivity index (χ0n) is 7.53. The van der Waals surface area contributed by atoms with Crippen molar-refractivity contribution in [2.75, 3.05) is 6.61 Å². The molecule has 1 aromatic carbocycles. The van der Waals surface area contributed by atoms with Gasteiger partial charge < -0.3 is 9.30 Å². The fourth-order valence-corrected chi connectivity index (χ4v) is 2.43. The van der Waals surface area contributed by atoms with Crippen LogP contribution in [0, 0.1) is 0 Å². The van der Waals surface area contributed by atoms with Crippen LogP contribution in [0.3, 0.4) is 0 Å². The molecule has 0 N–H and O–H groups in total. The number of hydrogen-bond acceptors (Lipinski definition) is 2. The molecule has 0 saturated heterocycles. The summed E-state index contributed by atoms with van der Waals surface area (Å²) < 4.78 is 8.70. The van der Waals surface area contributed by atoms with Crippen molar-refractivity contribution in [1.82, 2.24) is 9.55 Å². The molecule has 2 aromatic rings. The predicted octanol–water partition coefficient (Wildman–Crippen LogP) is 2.33. The molecule has 0 bridgehead atoms. The summed E-state index contributed by atoms with van der Waals surface area (Å²) in [6.07, 6.45) is 0. The van der Waals surface area contributed by atoms with Crippen LogP contribution >= 0.6 is 15.9 Å². The van der Waals surface area contributed by atoms with Gasteiger partial charge in [0.1, 0.15) is 12.4 Å². The van der Waals surface area contributed by atoms with Crippen LogP contribution in [0.5, 0.6) is 0 Å². The van der Waals surface area contributed by atoms with Gasteiger partial charge in [0.25, 0.3) is 0 Å². The predicted molar refractivity (Wildman–Crippen MR) is 57.1 cm³/mol. The third-order valence-electron chi connectivity index (χ3n) is 2.49. The van der Waals surface area contributed by atoms with Gasteiger partial charge in [0.2, 0.25) is 0 Å². The van der Waals surface area contributed by atoms with E-state index in [9.17, 15) is 0 Å². The lowest BCUT2D eigenvalue weighted by molar-refractivity contribution is 0.0830. The molecule has 0 unspecified atom stereocenters. The van der Waals surface area contributed by atoms with Gasteiger partial charge >= 0.3 is 0 Å². The van der Waals surface area contributed by atoms with E-state index in [2.05, 4.69) is 25.5 Å². The highest BCUT2D eigenvalue weighted by Crippen LogP contribution is 2.26. The van der Waals surface area contributed by atoms with Crippen LogP contribution in [0.15, 0.2) is 22.7 Å². The van der Waals surface area contributed by atoms with Crippen molar-refractivity contribution in [3.63, 3.8) is 0 Å². The zero-order chi connectivity index (χ0) is 9.54. The van der Waals surface area contributed by atoms with E-state index >= 15 is 0 Å². The van der Waals surface area contributed by atoms with Crippen LogP contribution in [0.25, 0.3) is 11.0 Å². The molecule has 3 nitrogen and oxygen atoms in total. The third-order valence-corrected chi connectivity index (χ3v) is 3.13. The van der Waals surface area contributed by atoms with E-state index in [-0.39, 0.29) is 0 Å². The van der Waals surface area contributed by atoms with Gasteiger partial charge in [-0.05, 0) is 28.1 Å². The molecule has 0 fully saturated rings. The molecule has 4 heteroatoms. The monoisotopic (exact) mass is 252 g/mol. The van der Waals surface area contributed by atoms with Gasteiger partial charge in [0.05, 0.1) is 17.6 Å². The fourth-order valence-electron chi connectivity index (χ4n) is 1.86. The maximum Gasteiger partial charge on any atom is 0.136 e. The van der Waals surface area contributed by atoms with Gasteiger partial charge in [-0.2, -0.15) is 0 Å². The van der Waals surface area contributed by atoms with Crippen LogP contribution < -0.4 is 0 Å². The summed E-state index contributed by atoms with van der Waals surface area (Å²) in [5.41, 5.74) is 2.23. The van der Waals surface area contributed by atoms with Gasteiger partial charge in [0, 0.05) is 11.0 Å². The van der Waals surface area contributed by atoms with Crippen LogP contribution in [-0.4, -0.2) is 16.2 Å². The minimum atomic E-state index is 0.626. The number of halogens is 1. The Bertz CT molecular complexity index is 492. The standard InChI is InChI=1S/C10H9BrN2O/c11-7-2-1-3-8-10(7)13-4-5-14-6-9(13)12-8/h1-3H,4-6H2. The number of imidazole rings is 1. The first-order valence-corrected chi connectivity index (χ1v) is 5.37. The Morgan fingerprint density at radius 1 is 1.43 bits per heavy atom. The summed E-state index contributed by atoms with van der Waals surface area (Å²) in [6, 6.07) is 6.09. The second-order valence-electron chi connectivity index (χ2n) is 3.34. The Hall–Kier alpha value is -0.870. The Labute approximate surface area is 89.8 Å². The van der Waals surface area contributed by atoms with Gasteiger partial charge in [-0.1, -0.05) is 6.07 Å². The molecule has 0 aliphatic carbocycles. The molecule has 1 aromatic heterocycles. The maximum atomic E-state index is 5.37. The summed E-state index contributed by atoms with van der Waals surface area (Å²) >= 11 is 3.55. The average Bonchev–Trinajstić information content (AvgIpc) is 2.57. The number of ether oxygens (including phenoxy) is 1. The maximum absolute atomic E-state index is 5.37. The first kappa shape index (κ1) is 8.44. The van der Waals surface area contributed by atoms with E-state index < -0.39 is 0 Å². The Morgan fingerprint density at radius 2 is 2.36 bits per heavy atom. The molecule has 3 rings (SSSR count). The highest BCUT2D eigenvalue weighted by atomic mass is 79.9. The molecular weight excluding hydrogens is 244 g/mol. The minimum absolute atomic E-state index is 0.626. The third kappa shape index (κ3) is 1.11. The summed E-state index contributed by atoms with van der Waals surface area (Å²) in [6.45, 7) is 2.30. The van der Waals surface area contributed by atoms with Crippen LogP contribution in [0.2, 0.25) is 0 Å². The van der Waals surface area contributed by atoms with Crippen molar-refractivity contribution < 1.29 is 4.74 Å². The van der Waals surface area contributed by atoms with Gasteiger partial charge in [-0.25, -0.2) is 4.98 Å². The molecule has 0 spiro atoms. The van der Waals surface area contributed by atoms with Crippen molar-refractivity contribution >= 4 is 27.0 Å². The topological polar surface area (TPSA) is 27.1 Å². The number of para-hydroxylation sites is 1. The Morgan fingerprint density at radius 3 is 3.29 bits per heavy atom. The lowest BCUT2D eigenvalue weighted by Crippen LogP contribution is -2.16. The van der Waals surface area contributed by atoms with Crippen LogP contribution in [0.1, 0.15) is 5.82 Å². The normalized spacial score (nSPS) is 15.8. The SMILES string of the molecule is Brc1cccc2nc3n(c12)CCOC3. The largest absolute Gasteiger partial charge is 0.372 e. The Balaban J connectivity index is 2.38. The van der Waals surface area contributed by atoms with E-state index in [1.165, 1.54) is 5.52 Å². The van der Waals surface area contributed by atoms with Gasteiger partial charge in [0.15, 0.2) is 0 Å². The molecule has 0 amide bonds. The molecule has 0 radical (unpaired) electrons. The van der Waals surface area contributed by atoms with E-state index in [0.29, 0.717) is 6.61 Å². The zero-order valence-corrected chi connectivity index (χ0v) is 9.12. The Kier molecular flexibility index (Phi) is 1.85. The molecule has 1 aliphatic rings. The second kappa shape index (κ2) is 3.07. The van der Waals surface area contributed by atoms with Crippen LogP contribution in [-0.2, 0) is 17.9 Å². The number of aromatic nitrogens is 2. The molecule has 2 heterocycles. The lowest BCUT2D eigenvalue weighted by Gasteiger charge is -2.15. The molecule has 0 saturated carbocycles. The average molecular weight is 253 g/mol. The van der Waals surface area contributed by atoms with E-state index in [1.807, 2.05) is 18.2 Å². The smallest absolute Gasteiger partial charge is 0.136 e. The first-order chi connectivity index (χ1) is 6.86. The van der Waals surface area contributed by atoms with Crippen molar-refractivity contribution in [3.8, 4) is 0 Å². The molecule has 1 aliphatic heterocycles. The minimum Gasteiger partial charge on any atom is -0.372 e. The highest BCUT2D eigenvalue weighted by Gasteiger charge is 2.15. The second-order valence-corrected chi connectivity index (χ2v) is 4.19. The van der Waals surface area contributed by atoms with E-state index in [1.54, 1.807) is 0 Å². The summed E-state index contributed by atoms with van der Waals surface area (Å²) in [5.74, 6) is 1.03. The van der Waals surface area contributed by atoms with Crippen molar-refractivity contribution in [1.29, 1.82) is 0 Å². The van der Waals surface area contributed by atoms with Crippen molar-refractivity contribution in [2.45, 2.75) is 13.2 Å². The first-order valence-electron chi connectivity index (χ1n) is 4.57. The summed E-state index contributed by atoms with van der Waals surface area (Å²) in [4.78, 5) is 4.52. The number of hydrogen-bond donors (Lipinski definition) is 0. The van der Waals surface area contributed by atoms with E-state index in [4.69, 9.17) is 4.74 Å². The van der Waals surface area contributed by atoms with Crippen molar-refractivity contribution in [3.05, 3.63) is 28.5 Å². The number of nitrogens with zero attached hydrogens (tertiary/aromatic N) is 2. The fraction of sp³-hybridized carbons (Fsp3) is 0.300. The van der Waals surface area contributed by atoms with E-state index in [0.717, 1.165) is 29.0 Å². The molecule has 0 atom stereocenters. The number of benzene rings is 1. The van der Waals surface area contributed by atoms with Crippen LogP contribution in [0.4, 0.5) is 0 Å². The number of fused-ring (bicyclic) bond motifs is 3. The van der Waals surface area contributed by atoms with Gasteiger partial charge in [-0.3, -0.25) is 0 Å². The molecule has 14 heavy (non-hydrogen) atoms. The van der Waals surface area contributed by atoms with Gasteiger partial charge in [-0.15, -0.1) is 0 Å². The quantitative estimate of drug-likeness (QED) is 0.720.